The first-order valence-electron chi connectivity index (χ1n) is 5.19. The fourth-order valence-corrected chi connectivity index (χ4v) is 2.15. The number of carboxylic acids is 1. The number of carboxylic acid groups (broad SMARTS) is 1. The average Bonchev–Trinajstić information content (AvgIpc) is 2.17. The summed E-state index contributed by atoms with van der Waals surface area (Å²) in [5.74, 6) is -0.733. The maximum atomic E-state index is 10.6. The zero-order valence-corrected chi connectivity index (χ0v) is 8.79. The lowest BCUT2D eigenvalue weighted by atomic mass is 9.91. The number of rotatable bonds is 2. The van der Waals surface area contributed by atoms with Gasteiger partial charge in [0.25, 0.3) is 0 Å². The second-order valence-electron chi connectivity index (χ2n) is 4.09. The van der Waals surface area contributed by atoms with Crippen LogP contribution in [0.5, 0.6) is 0 Å². The number of nitrogens with one attached hydrogen (secondary N) is 1. The van der Waals surface area contributed by atoms with Crippen molar-refractivity contribution in [3.8, 4) is 0 Å². The zero-order valence-electron chi connectivity index (χ0n) is 8.79. The summed E-state index contributed by atoms with van der Waals surface area (Å²) in [4.78, 5) is 10.6. The number of carbonyl (C=O) groups is 1. The Morgan fingerprint density at radius 3 is 3.13 bits per heavy atom. The summed E-state index contributed by atoms with van der Waals surface area (Å²) < 4.78 is 0. The number of hydrogen-bond donors (Lipinski definition) is 2. The predicted molar refractivity (Wildman–Crippen MR) is 57.8 cm³/mol. The van der Waals surface area contributed by atoms with Crippen molar-refractivity contribution < 1.29 is 9.90 Å². The Labute approximate surface area is 89.1 Å². The average molecular weight is 205 g/mol. The molecule has 3 nitrogen and oxygen atoms in total. The Morgan fingerprint density at radius 1 is 1.60 bits per heavy atom. The van der Waals surface area contributed by atoms with Crippen molar-refractivity contribution in [3.05, 3.63) is 34.9 Å². The summed E-state index contributed by atoms with van der Waals surface area (Å²) in [6.07, 6.45) is 1.02. The maximum absolute atomic E-state index is 10.6. The molecule has 0 aliphatic carbocycles. The molecule has 0 fully saturated rings. The van der Waals surface area contributed by atoms with Crippen molar-refractivity contribution in [2.45, 2.75) is 32.4 Å². The van der Waals surface area contributed by atoms with E-state index in [0.29, 0.717) is 0 Å². The standard InChI is InChI=1S/C12H15NO2/c1-8-3-2-4-9-5-10(6-12(14)15)13-7-11(8)9/h2-4,10,13H,5-7H2,1H3,(H,14,15). The van der Waals surface area contributed by atoms with E-state index in [1.165, 1.54) is 16.7 Å². The van der Waals surface area contributed by atoms with Gasteiger partial charge in [0.15, 0.2) is 0 Å². The van der Waals surface area contributed by atoms with E-state index in [2.05, 4.69) is 24.4 Å². The van der Waals surface area contributed by atoms with Crippen molar-refractivity contribution in [1.29, 1.82) is 0 Å². The number of aryl methyl sites for hydroxylation is 1. The molecule has 0 amide bonds. The van der Waals surface area contributed by atoms with Crippen LogP contribution in [0.25, 0.3) is 0 Å². The molecule has 3 heteroatoms. The van der Waals surface area contributed by atoms with Crippen LogP contribution in [-0.4, -0.2) is 17.1 Å². The monoisotopic (exact) mass is 205 g/mol. The van der Waals surface area contributed by atoms with Gasteiger partial charge in [0, 0.05) is 12.6 Å². The zero-order chi connectivity index (χ0) is 10.8. The smallest absolute Gasteiger partial charge is 0.304 e. The van der Waals surface area contributed by atoms with Crippen LogP contribution in [0.15, 0.2) is 18.2 Å². The molecular weight excluding hydrogens is 190 g/mol. The Bertz CT molecular complexity index is 387. The lowest BCUT2D eigenvalue weighted by molar-refractivity contribution is -0.137. The van der Waals surface area contributed by atoms with Crippen LogP contribution >= 0.6 is 0 Å². The molecule has 0 saturated heterocycles. The number of fused-ring (bicyclic) bond motifs is 1. The van der Waals surface area contributed by atoms with Gasteiger partial charge in [-0.1, -0.05) is 18.2 Å². The highest BCUT2D eigenvalue weighted by atomic mass is 16.4. The lowest BCUT2D eigenvalue weighted by Crippen LogP contribution is -2.37. The van der Waals surface area contributed by atoms with E-state index in [1.54, 1.807) is 0 Å². The first-order chi connectivity index (χ1) is 7.16. The van der Waals surface area contributed by atoms with E-state index in [-0.39, 0.29) is 12.5 Å². The third-order valence-electron chi connectivity index (χ3n) is 2.96. The van der Waals surface area contributed by atoms with Crippen molar-refractivity contribution in [2.75, 3.05) is 0 Å². The van der Waals surface area contributed by atoms with Gasteiger partial charge in [-0.25, -0.2) is 0 Å². The normalized spacial score (nSPS) is 19.7. The lowest BCUT2D eigenvalue weighted by Gasteiger charge is -2.26. The van der Waals surface area contributed by atoms with E-state index in [1.807, 2.05) is 6.07 Å². The number of aliphatic carboxylic acids is 1. The highest BCUT2D eigenvalue weighted by molar-refractivity contribution is 5.67. The van der Waals surface area contributed by atoms with Gasteiger partial charge in [-0.2, -0.15) is 0 Å². The third kappa shape index (κ3) is 2.18. The van der Waals surface area contributed by atoms with E-state index in [4.69, 9.17) is 5.11 Å². The quantitative estimate of drug-likeness (QED) is 0.769. The number of benzene rings is 1. The van der Waals surface area contributed by atoms with Gasteiger partial charge in [-0.05, 0) is 30.0 Å². The number of hydrogen-bond acceptors (Lipinski definition) is 2. The molecule has 0 aromatic heterocycles. The molecule has 80 valence electrons. The molecule has 2 N–H and O–H groups in total. The van der Waals surface area contributed by atoms with Gasteiger partial charge >= 0.3 is 5.97 Å². The largest absolute Gasteiger partial charge is 0.481 e. The molecule has 1 heterocycles. The molecule has 0 saturated carbocycles. The first kappa shape index (κ1) is 10.2. The molecular formula is C12H15NO2. The fourth-order valence-electron chi connectivity index (χ4n) is 2.15. The molecule has 1 aliphatic rings. The van der Waals surface area contributed by atoms with Crippen LogP contribution in [0.2, 0.25) is 0 Å². The topological polar surface area (TPSA) is 49.3 Å². The molecule has 1 aromatic rings. The molecule has 0 spiro atoms. The molecule has 1 aliphatic heterocycles. The molecule has 15 heavy (non-hydrogen) atoms. The van der Waals surface area contributed by atoms with Crippen LogP contribution in [-0.2, 0) is 17.8 Å². The van der Waals surface area contributed by atoms with Gasteiger partial charge in [0.2, 0.25) is 0 Å². The molecule has 1 atom stereocenters. The van der Waals surface area contributed by atoms with E-state index < -0.39 is 5.97 Å². The summed E-state index contributed by atoms with van der Waals surface area (Å²) in [6.45, 7) is 2.89. The molecule has 2 rings (SSSR count). The fraction of sp³-hybridized carbons (Fsp3) is 0.417. The highest BCUT2D eigenvalue weighted by Crippen LogP contribution is 2.21. The van der Waals surface area contributed by atoms with Crippen LogP contribution < -0.4 is 5.32 Å². The minimum absolute atomic E-state index is 0.0804. The summed E-state index contributed by atoms with van der Waals surface area (Å²) >= 11 is 0. The maximum Gasteiger partial charge on any atom is 0.304 e. The van der Waals surface area contributed by atoms with Crippen molar-refractivity contribution >= 4 is 5.97 Å². The van der Waals surface area contributed by atoms with Gasteiger partial charge in [0.05, 0.1) is 6.42 Å². The second kappa shape index (κ2) is 4.03. The van der Waals surface area contributed by atoms with Gasteiger partial charge < -0.3 is 10.4 Å². The van der Waals surface area contributed by atoms with E-state index in [0.717, 1.165) is 13.0 Å². The van der Waals surface area contributed by atoms with Crippen molar-refractivity contribution in [3.63, 3.8) is 0 Å². The van der Waals surface area contributed by atoms with E-state index >= 15 is 0 Å². The minimum Gasteiger partial charge on any atom is -0.481 e. The third-order valence-corrected chi connectivity index (χ3v) is 2.96. The summed E-state index contributed by atoms with van der Waals surface area (Å²) in [7, 11) is 0. The van der Waals surface area contributed by atoms with Crippen LogP contribution in [0.1, 0.15) is 23.1 Å². The van der Waals surface area contributed by atoms with E-state index in [9.17, 15) is 4.79 Å². The van der Waals surface area contributed by atoms with Gasteiger partial charge in [0.1, 0.15) is 0 Å². The van der Waals surface area contributed by atoms with Crippen molar-refractivity contribution in [2.24, 2.45) is 0 Å². The predicted octanol–water partition coefficient (Wildman–Crippen LogP) is 1.48. The molecule has 1 aromatic carbocycles. The van der Waals surface area contributed by atoms with Gasteiger partial charge in [-0.15, -0.1) is 0 Å². The molecule has 1 unspecified atom stereocenters. The Hall–Kier alpha value is -1.35. The summed E-state index contributed by atoms with van der Waals surface area (Å²) in [6, 6.07) is 6.31. The Morgan fingerprint density at radius 2 is 2.40 bits per heavy atom. The minimum atomic E-state index is -0.733. The van der Waals surface area contributed by atoms with Crippen LogP contribution in [0, 0.1) is 6.92 Å². The summed E-state index contributed by atoms with van der Waals surface area (Å²) in [5, 5.41) is 12.0. The van der Waals surface area contributed by atoms with Gasteiger partial charge in [-0.3, -0.25) is 4.79 Å². The first-order valence-corrected chi connectivity index (χ1v) is 5.19. The second-order valence-corrected chi connectivity index (χ2v) is 4.09. The SMILES string of the molecule is Cc1cccc2c1CNC(CC(=O)O)C2. The van der Waals surface area contributed by atoms with Crippen LogP contribution in [0.3, 0.4) is 0 Å². The summed E-state index contributed by atoms with van der Waals surface area (Å²) in [5.41, 5.74) is 3.91. The Kier molecular flexibility index (Phi) is 2.73. The Balaban J connectivity index is 2.17. The van der Waals surface area contributed by atoms with Crippen LogP contribution in [0.4, 0.5) is 0 Å². The van der Waals surface area contributed by atoms with Crippen molar-refractivity contribution in [1.82, 2.24) is 5.32 Å². The molecule has 0 radical (unpaired) electrons. The highest BCUT2D eigenvalue weighted by Gasteiger charge is 2.20. The molecule has 0 bridgehead atoms.